The average Bonchev–Trinajstić information content (AvgIpc) is 3.51. The van der Waals surface area contributed by atoms with Gasteiger partial charge < -0.3 is 20.3 Å². The van der Waals surface area contributed by atoms with Gasteiger partial charge in [-0.05, 0) is 75.4 Å². The third-order valence-corrected chi connectivity index (χ3v) is 6.64. The number of benzene rings is 2. The van der Waals surface area contributed by atoms with E-state index in [1.165, 1.54) is 18.2 Å². The first kappa shape index (κ1) is 24.4. The second-order valence-corrected chi connectivity index (χ2v) is 9.41. The van der Waals surface area contributed by atoms with Crippen LogP contribution in [-0.2, 0) is 5.54 Å². The van der Waals surface area contributed by atoms with Gasteiger partial charge in [-0.3, -0.25) is 14.9 Å². The molecule has 0 spiro atoms. The number of aromatic carboxylic acids is 1. The zero-order chi connectivity index (χ0) is 25.3. The molecule has 0 radical (unpaired) electrons. The summed E-state index contributed by atoms with van der Waals surface area (Å²) in [7, 11) is 3.43. The molecule has 0 unspecified atom stereocenters. The number of anilines is 1. The van der Waals surface area contributed by atoms with E-state index in [0.717, 1.165) is 37.7 Å². The summed E-state index contributed by atoms with van der Waals surface area (Å²) in [4.78, 5) is 44.0. The van der Waals surface area contributed by atoms with Crippen LogP contribution >= 0.6 is 0 Å². The molecule has 3 aromatic rings. The first-order valence-corrected chi connectivity index (χ1v) is 11.8. The Hall–Kier alpha value is -3.72. The van der Waals surface area contributed by atoms with E-state index in [-0.39, 0.29) is 22.6 Å². The van der Waals surface area contributed by atoms with Crippen LogP contribution in [0.25, 0.3) is 11.0 Å². The lowest BCUT2D eigenvalue weighted by molar-refractivity contribution is 0.0696. The maximum Gasteiger partial charge on any atom is 0.335 e. The first-order chi connectivity index (χ1) is 16.7. The van der Waals surface area contributed by atoms with Crippen LogP contribution in [0.1, 0.15) is 68.7 Å². The van der Waals surface area contributed by atoms with Crippen LogP contribution in [0.4, 0.5) is 5.95 Å². The minimum absolute atomic E-state index is 0.0288. The second-order valence-electron chi connectivity index (χ2n) is 9.41. The highest BCUT2D eigenvalue weighted by Gasteiger charge is 2.47. The highest BCUT2D eigenvalue weighted by molar-refractivity contribution is 6.09. The predicted molar refractivity (Wildman–Crippen MR) is 134 cm³/mol. The summed E-state index contributed by atoms with van der Waals surface area (Å²) in [5.41, 5.74) is 8.46. The molecule has 2 amide bonds. The Morgan fingerprint density at radius 3 is 2.49 bits per heavy atom. The van der Waals surface area contributed by atoms with Crippen molar-refractivity contribution >= 4 is 34.8 Å². The van der Waals surface area contributed by atoms with E-state index in [4.69, 9.17) is 10.7 Å². The summed E-state index contributed by atoms with van der Waals surface area (Å²) in [6.07, 6.45) is 4.48. The molecule has 4 rings (SSSR count). The molecule has 1 heterocycles. The van der Waals surface area contributed by atoms with Gasteiger partial charge >= 0.3 is 5.97 Å². The molecule has 0 atom stereocenters. The number of carboxylic acids is 1. The number of nitrogens with zero attached hydrogens (tertiary/aromatic N) is 3. The average molecular weight is 478 g/mol. The van der Waals surface area contributed by atoms with Crippen LogP contribution in [-0.4, -0.2) is 58.0 Å². The van der Waals surface area contributed by atoms with Gasteiger partial charge in [-0.1, -0.05) is 12.1 Å². The number of fused-ring (bicyclic) bond motifs is 1. The van der Waals surface area contributed by atoms with Crippen molar-refractivity contribution in [3.8, 4) is 0 Å². The van der Waals surface area contributed by atoms with Crippen molar-refractivity contribution in [1.29, 1.82) is 0 Å². The van der Waals surface area contributed by atoms with E-state index in [2.05, 4.69) is 5.32 Å². The molecule has 2 aromatic carbocycles. The van der Waals surface area contributed by atoms with Gasteiger partial charge in [0.25, 0.3) is 11.8 Å². The molecule has 1 saturated carbocycles. The van der Waals surface area contributed by atoms with Crippen molar-refractivity contribution in [2.24, 2.45) is 5.73 Å². The fourth-order valence-electron chi connectivity index (χ4n) is 4.60. The minimum Gasteiger partial charge on any atom is -0.478 e. The first-order valence-electron chi connectivity index (χ1n) is 11.8. The Morgan fingerprint density at radius 1 is 1.14 bits per heavy atom. The molecule has 0 bridgehead atoms. The maximum absolute atomic E-state index is 13.2. The van der Waals surface area contributed by atoms with Crippen LogP contribution in [0.3, 0.4) is 0 Å². The number of amides is 2. The Bertz CT molecular complexity index is 1310. The van der Waals surface area contributed by atoms with Crippen LogP contribution in [0.5, 0.6) is 0 Å². The Morgan fingerprint density at radius 2 is 1.86 bits per heavy atom. The fraction of sp³-hybridized carbons (Fsp3) is 0.385. The molecular formula is C26H31N5O4. The number of carbonyl (C=O) groups is 3. The van der Waals surface area contributed by atoms with Crippen molar-refractivity contribution in [3.63, 3.8) is 0 Å². The molecule has 4 N–H and O–H groups in total. The molecule has 1 aliphatic carbocycles. The van der Waals surface area contributed by atoms with Crippen molar-refractivity contribution in [2.45, 2.75) is 44.6 Å². The number of unbranched alkanes of at least 4 members (excludes halogenated alkanes) is 1. The van der Waals surface area contributed by atoms with Crippen LogP contribution in [0, 0.1) is 6.92 Å². The van der Waals surface area contributed by atoms with E-state index in [9.17, 15) is 19.5 Å². The third-order valence-electron chi connectivity index (χ3n) is 6.64. The lowest BCUT2D eigenvalue weighted by Crippen LogP contribution is -2.26. The Labute approximate surface area is 203 Å². The maximum atomic E-state index is 13.2. The van der Waals surface area contributed by atoms with Crippen molar-refractivity contribution in [1.82, 2.24) is 14.5 Å². The van der Waals surface area contributed by atoms with Gasteiger partial charge in [-0.15, -0.1) is 0 Å². The van der Waals surface area contributed by atoms with Crippen LogP contribution in [0.2, 0.25) is 0 Å². The second kappa shape index (κ2) is 9.50. The number of carbonyl (C=O) groups excluding carboxylic acids is 2. The number of aromatic nitrogens is 2. The minimum atomic E-state index is -1.11. The Kier molecular flexibility index (Phi) is 6.62. The summed E-state index contributed by atoms with van der Waals surface area (Å²) < 4.78 is 2.03. The zero-order valence-electron chi connectivity index (χ0n) is 20.3. The number of aryl methyl sites for hydroxylation is 1. The molecule has 9 heteroatoms. The number of nitrogens with two attached hydrogens (primary N) is 1. The molecule has 9 nitrogen and oxygen atoms in total. The van der Waals surface area contributed by atoms with Gasteiger partial charge in [0.2, 0.25) is 5.95 Å². The number of hydrogen-bond donors (Lipinski definition) is 3. The van der Waals surface area contributed by atoms with E-state index >= 15 is 0 Å². The molecular weight excluding hydrogens is 446 g/mol. The standard InChI is InChI=1S/C26H31N5O4/c1-16-9-10-19-21(20(16)23(33)30(2)3)31(26(12-13-26)11-4-5-14-27)25(28-19)29-22(32)17-7-6-8-18(15-17)24(34)35/h6-10,15H,4-5,11-14,27H2,1-3H3,(H,34,35)(H,28,29,32). The van der Waals surface area contributed by atoms with Gasteiger partial charge in [-0.2, -0.15) is 0 Å². The number of nitrogens with one attached hydrogen (secondary N) is 1. The van der Waals surface area contributed by atoms with Gasteiger partial charge in [0.05, 0.1) is 22.2 Å². The van der Waals surface area contributed by atoms with Gasteiger partial charge in [0.1, 0.15) is 0 Å². The summed E-state index contributed by atoms with van der Waals surface area (Å²) in [6.45, 7) is 2.50. The van der Waals surface area contributed by atoms with E-state index in [1.54, 1.807) is 25.1 Å². The summed E-state index contributed by atoms with van der Waals surface area (Å²) in [5.74, 6) is -1.33. The van der Waals surface area contributed by atoms with E-state index < -0.39 is 11.9 Å². The molecule has 184 valence electrons. The summed E-state index contributed by atoms with van der Waals surface area (Å²) in [6, 6.07) is 9.61. The molecule has 35 heavy (non-hydrogen) atoms. The lowest BCUT2D eigenvalue weighted by Gasteiger charge is -2.23. The number of hydrogen-bond acceptors (Lipinski definition) is 5. The SMILES string of the molecule is Cc1ccc2nc(NC(=O)c3cccc(C(=O)O)c3)n(C3(CCCCN)CC3)c2c1C(=O)N(C)C. The van der Waals surface area contributed by atoms with Crippen molar-refractivity contribution in [2.75, 3.05) is 26.0 Å². The highest BCUT2D eigenvalue weighted by atomic mass is 16.4. The zero-order valence-corrected chi connectivity index (χ0v) is 20.3. The molecule has 0 saturated heterocycles. The largest absolute Gasteiger partial charge is 0.478 e. The molecule has 1 fully saturated rings. The third kappa shape index (κ3) is 4.64. The molecule has 0 aliphatic heterocycles. The summed E-state index contributed by atoms with van der Waals surface area (Å²) >= 11 is 0. The fourth-order valence-corrected chi connectivity index (χ4v) is 4.60. The van der Waals surface area contributed by atoms with Crippen LogP contribution < -0.4 is 11.1 Å². The monoisotopic (exact) mass is 477 g/mol. The quantitative estimate of drug-likeness (QED) is 0.404. The normalized spacial score (nSPS) is 14.1. The predicted octanol–water partition coefficient (Wildman–Crippen LogP) is 3.62. The van der Waals surface area contributed by atoms with E-state index in [0.29, 0.717) is 29.1 Å². The summed E-state index contributed by atoms with van der Waals surface area (Å²) in [5, 5.41) is 12.2. The van der Waals surface area contributed by atoms with E-state index in [1.807, 2.05) is 23.6 Å². The van der Waals surface area contributed by atoms with Crippen LogP contribution in [0.15, 0.2) is 36.4 Å². The van der Waals surface area contributed by atoms with Gasteiger partial charge in [0, 0.05) is 25.2 Å². The highest BCUT2D eigenvalue weighted by Crippen LogP contribution is 2.51. The Balaban J connectivity index is 1.85. The van der Waals surface area contributed by atoms with Gasteiger partial charge in [0.15, 0.2) is 0 Å². The smallest absolute Gasteiger partial charge is 0.335 e. The molecule has 1 aromatic heterocycles. The number of carboxylic acid groups (broad SMARTS) is 1. The van der Waals surface area contributed by atoms with Crippen molar-refractivity contribution < 1.29 is 19.5 Å². The van der Waals surface area contributed by atoms with Gasteiger partial charge in [-0.25, -0.2) is 9.78 Å². The van der Waals surface area contributed by atoms with Crippen molar-refractivity contribution in [3.05, 3.63) is 58.7 Å². The number of imidazole rings is 1. The molecule has 1 aliphatic rings. The lowest BCUT2D eigenvalue weighted by atomic mass is 10.0. The number of rotatable bonds is 9. The topological polar surface area (TPSA) is 131 Å².